The molecule has 3 rings (SSSR count). The fourth-order valence-electron chi connectivity index (χ4n) is 3.14. The standard InChI is InChI=1S/C18H23N3O3/c1-12-8-15(23-3)4-5-16(12)18(22)19-9-13-6-7-24-17(13)14-10-20-21(2)11-14/h4-5,8,10-11,13,17H,6-7,9H2,1-3H3,(H,19,22)/t13-,17+/m0/s1. The van der Waals surface area contributed by atoms with Gasteiger partial charge in [-0.1, -0.05) is 0 Å². The van der Waals surface area contributed by atoms with Gasteiger partial charge in [-0.25, -0.2) is 0 Å². The van der Waals surface area contributed by atoms with Gasteiger partial charge in [0.15, 0.2) is 0 Å². The fraction of sp³-hybridized carbons (Fsp3) is 0.444. The van der Waals surface area contributed by atoms with Crippen LogP contribution in [0.5, 0.6) is 5.75 Å². The van der Waals surface area contributed by atoms with Crippen LogP contribution in [-0.4, -0.2) is 35.9 Å². The number of hydrogen-bond donors (Lipinski definition) is 1. The second-order valence-corrected chi connectivity index (χ2v) is 6.18. The van der Waals surface area contributed by atoms with Crippen LogP contribution in [0.4, 0.5) is 0 Å². The Morgan fingerprint density at radius 2 is 2.33 bits per heavy atom. The first-order valence-electron chi connectivity index (χ1n) is 8.11. The van der Waals surface area contributed by atoms with Gasteiger partial charge in [0.1, 0.15) is 5.75 Å². The molecule has 1 aromatic heterocycles. The van der Waals surface area contributed by atoms with E-state index in [-0.39, 0.29) is 17.9 Å². The van der Waals surface area contributed by atoms with Gasteiger partial charge in [-0.3, -0.25) is 9.48 Å². The maximum absolute atomic E-state index is 12.5. The van der Waals surface area contributed by atoms with Gasteiger partial charge in [-0.05, 0) is 37.1 Å². The van der Waals surface area contributed by atoms with E-state index in [9.17, 15) is 4.79 Å². The minimum Gasteiger partial charge on any atom is -0.497 e. The number of aromatic nitrogens is 2. The molecule has 2 atom stereocenters. The molecule has 0 unspecified atom stereocenters. The summed E-state index contributed by atoms with van der Waals surface area (Å²) in [5.41, 5.74) is 2.64. The maximum atomic E-state index is 12.5. The van der Waals surface area contributed by atoms with Crippen molar-refractivity contribution < 1.29 is 14.3 Å². The van der Waals surface area contributed by atoms with Crippen molar-refractivity contribution in [2.45, 2.75) is 19.4 Å². The van der Waals surface area contributed by atoms with Crippen molar-refractivity contribution in [3.63, 3.8) is 0 Å². The molecule has 128 valence electrons. The average molecular weight is 329 g/mol. The summed E-state index contributed by atoms with van der Waals surface area (Å²) in [5.74, 6) is 0.952. The van der Waals surface area contributed by atoms with Gasteiger partial charge < -0.3 is 14.8 Å². The topological polar surface area (TPSA) is 65.4 Å². The molecule has 2 aromatic rings. The number of nitrogens with one attached hydrogen (secondary N) is 1. The first kappa shape index (κ1) is 16.5. The Balaban J connectivity index is 1.63. The van der Waals surface area contributed by atoms with Gasteiger partial charge >= 0.3 is 0 Å². The van der Waals surface area contributed by atoms with E-state index in [1.165, 1.54) is 0 Å². The van der Waals surface area contributed by atoms with Crippen molar-refractivity contribution >= 4 is 5.91 Å². The molecule has 1 N–H and O–H groups in total. The van der Waals surface area contributed by atoms with Gasteiger partial charge in [-0.15, -0.1) is 0 Å². The van der Waals surface area contributed by atoms with E-state index in [2.05, 4.69) is 10.4 Å². The molecule has 1 fully saturated rings. The van der Waals surface area contributed by atoms with Crippen LogP contribution in [0.1, 0.15) is 34.0 Å². The van der Waals surface area contributed by atoms with E-state index in [1.54, 1.807) is 23.9 Å². The van der Waals surface area contributed by atoms with Gasteiger partial charge in [0.25, 0.3) is 5.91 Å². The predicted molar refractivity (Wildman–Crippen MR) is 90.1 cm³/mol. The van der Waals surface area contributed by atoms with E-state index in [0.29, 0.717) is 18.7 Å². The highest BCUT2D eigenvalue weighted by atomic mass is 16.5. The van der Waals surface area contributed by atoms with Gasteiger partial charge in [0.05, 0.1) is 19.4 Å². The van der Waals surface area contributed by atoms with E-state index in [0.717, 1.165) is 23.3 Å². The molecule has 1 aliphatic rings. The number of nitrogens with zero attached hydrogens (tertiary/aromatic N) is 2. The molecule has 6 heteroatoms. The molecule has 1 saturated heterocycles. The number of aryl methyl sites for hydroxylation is 2. The number of carbonyl (C=O) groups is 1. The first-order valence-corrected chi connectivity index (χ1v) is 8.11. The van der Waals surface area contributed by atoms with Crippen molar-refractivity contribution in [3.05, 3.63) is 47.3 Å². The summed E-state index contributed by atoms with van der Waals surface area (Å²) in [6.07, 6.45) is 4.73. The van der Waals surface area contributed by atoms with E-state index in [4.69, 9.17) is 9.47 Å². The van der Waals surface area contributed by atoms with Crippen molar-refractivity contribution in [1.82, 2.24) is 15.1 Å². The third-order valence-electron chi connectivity index (χ3n) is 4.47. The van der Waals surface area contributed by atoms with Crippen molar-refractivity contribution in [3.8, 4) is 5.75 Å². The lowest BCUT2D eigenvalue weighted by molar-refractivity contribution is 0.0845. The summed E-state index contributed by atoms with van der Waals surface area (Å²) >= 11 is 0. The summed E-state index contributed by atoms with van der Waals surface area (Å²) in [5, 5.41) is 7.24. The number of ether oxygens (including phenoxy) is 2. The second kappa shape index (κ2) is 7.05. The zero-order valence-electron chi connectivity index (χ0n) is 14.3. The molecule has 2 heterocycles. The van der Waals surface area contributed by atoms with Crippen LogP contribution in [0.2, 0.25) is 0 Å². The van der Waals surface area contributed by atoms with Crippen LogP contribution in [0, 0.1) is 12.8 Å². The Morgan fingerprint density at radius 1 is 1.50 bits per heavy atom. The summed E-state index contributed by atoms with van der Waals surface area (Å²) in [4.78, 5) is 12.5. The largest absolute Gasteiger partial charge is 0.497 e. The fourth-order valence-corrected chi connectivity index (χ4v) is 3.14. The van der Waals surface area contributed by atoms with Crippen LogP contribution >= 0.6 is 0 Å². The number of rotatable bonds is 5. The Bertz CT molecular complexity index is 726. The highest BCUT2D eigenvalue weighted by Crippen LogP contribution is 2.33. The monoisotopic (exact) mass is 329 g/mol. The zero-order valence-corrected chi connectivity index (χ0v) is 14.3. The molecule has 0 bridgehead atoms. The Hall–Kier alpha value is -2.34. The summed E-state index contributed by atoms with van der Waals surface area (Å²) < 4.78 is 12.8. The number of hydrogen-bond acceptors (Lipinski definition) is 4. The van der Waals surface area contributed by atoms with Crippen molar-refractivity contribution in [2.24, 2.45) is 13.0 Å². The van der Waals surface area contributed by atoms with Gasteiger partial charge in [0.2, 0.25) is 0 Å². The van der Waals surface area contributed by atoms with E-state index in [1.807, 2.05) is 32.4 Å². The number of methoxy groups -OCH3 is 1. The molecule has 1 amide bonds. The lowest BCUT2D eigenvalue weighted by atomic mass is 9.97. The Morgan fingerprint density at radius 3 is 3.00 bits per heavy atom. The van der Waals surface area contributed by atoms with E-state index >= 15 is 0 Å². The average Bonchev–Trinajstić information content (AvgIpc) is 3.20. The lowest BCUT2D eigenvalue weighted by Crippen LogP contribution is -2.31. The smallest absolute Gasteiger partial charge is 0.251 e. The van der Waals surface area contributed by atoms with Crippen molar-refractivity contribution in [2.75, 3.05) is 20.3 Å². The number of benzene rings is 1. The molecule has 0 aliphatic carbocycles. The van der Waals surface area contributed by atoms with Crippen LogP contribution < -0.4 is 10.1 Å². The third kappa shape index (κ3) is 3.43. The molecular formula is C18H23N3O3. The third-order valence-corrected chi connectivity index (χ3v) is 4.47. The molecule has 0 saturated carbocycles. The molecular weight excluding hydrogens is 306 g/mol. The first-order chi connectivity index (χ1) is 11.6. The van der Waals surface area contributed by atoms with Crippen LogP contribution in [0.15, 0.2) is 30.6 Å². The summed E-state index contributed by atoms with van der Waals surface area (Å²) in [7, 11) is 3.51. The second-order valence-electron chi connectivity index (χ2n) is 6.18. The van der Waals surface area contributed by atoms with Crippen LogP contribution in [0.3, 0.4) is 0 Å². The highest BCUT2D eigenvalue weighted by Gasteiger charge is 2.31. The summed E-state index contributed by atoms with van der Waals surface area (Å²) in [6, 6.07) is 5.47. The molecule has 24 heavy (non-hydrogen) atoms. The number of carbonyl (C=O) groups excluding carboxylic acids is 1. The van der Waals surface area contributed by atoms with Gasteiger partial charge in [-0.2, -0.15) is 5.10 Å². The molecule has 0 spiro atoms. The summed E-state index contributed by atoms with van der Waals surface area (Å²) in [6.45, 7) is 3.21. The Kier molecular flexibility index (Phi) is 4.85. The highest BCUT2D eigenvalue weighted by molar-refractivity contribution is 5.95. The lowest BCUT2D eigenvalue weighted by Gasteiger charge is -2.18. The predicted octanol–water partition coefficient (Wildman–Crippen LogP) is 2.24. The van der Waals surface area contributed by atoms with Crippen molar-refractivity contribution in [1.29, 1.82) is 0 Å². The van der Waals surface area contributed by atoms with Crippen LogP contribution in [-0.2, 0) is 11.8 Å². The Labute approximate surface area is 141 Å². The van der Waals surface area contributed by atoms with Gasteiger partial charge in [0, 0.05) is 43.4 Å². The number of amides is 1. The normalized spacial score (nSPS) is 20.1. The minimum absolute atomic E-state index is 0.00374. The molecule has 0 radical (unpaired) electrons. The molecule has 1 aromatic carbocycles. The SMILES string of the molecule is COc1ccc(C(=O)NC[C@@H]2CCO[C@H]2c2cnn(C)c2)c(C)c1. The van der Waals surface area contributed by atoms with E-state index < -0.39 is 0 Å². The minimum atomic E-state index is -0.0630. The maximum Gasteiger partial charge on any atom is 0.251 e. The quantitative estimate of drug-likeness (QED) is 0.914. The van der Waals surface area contributed by atoms with Crippen LogP contribution in [0.25, 0.3) is 0 Å². The zero-order chi connectivity index (χ0) is 17.1. The molecule has 6 nitrogen and oxygen atoms in total. The molecule has 1 aliphatic heterocycles.